The average Bonchev–Trinajstić information content (AvgIpc) is 2.38. The van der Waals surface area contributed by atoms with E-state index in [1.165, 1.54) is 19.4 Å². The first-order valence-electron chi connectivity index (χ1n) is 5.05. The van der Waals surface area contributed by atoms with Gasteiger partial charge in [0, 0.05) is 31.1 Å². The Morgan fingerprint density at radius 3 is 2.33 bits per heavy atom. The average molecular weight is 254 g/mol. The molecule has 0 atom stereocenters. The molecule has 0 radical (unpaired) electrons. The molecule has 0 unspecified atom stereocenters. The Balaban J connectivity index is 2.55. The van der Waals surface area contributed by atoms with Gasteiger partial charge < -0.3 is 5.32 Å². The Morgan fingerprint density at radius 1 is 1.11 bits per heavy atom. The van der Waals surface area contributed by atoms with E-state index >= 15 is 0 Å². The number of hydrogen-bond acceptors (Lipinski definition) is 4. The molecular formula is C11H9F3N4. The van der Waals surface area contributed by atoms with Crippen molar-refractivity contribution in [3.8, 4) is 11.4 Å². The molecule has 0 saturated carbocycles. The molecule has 4 nitrogen and oxygen atoms in total. The van der Waals surface area contributed by atoms with Crippen LogP contribution < -0.4 is 5.32 Å². The van der Waals surface area contributed by atoms with Crippen molar-refractivity contribution in [1.82, 2.24) is 15.0 Å². The van der Waals surface area contributed by atoms with Gasteiger partial charge in [0.15, 0.2) is 11.5 Å². The van der Waals surface area contributed by atoms with Crippen molar-refractivity contribution in [2.75, 3.05) is 12.4 Å². The van der Waals surface area contributed by atoms with Crippen LogP contribution in [0.1, 0.15) is 5.69 Å². The van der Waals surface area contributed by atoms with E-state index in [0.29, 0.717) is 5.56 Å². The van der Waals surface area contributed by atoms with Crippen LogP contribution in [0.5, 0.6) is 0 Å². The van der Waals surface area contributed by atoms with Gasteiger partial charge in [0.05, 0.1) is 0 Å². The summed E-state index contributed by atoms with van der Waals surface area (Å²) in [6.45, 7) is 0. The summed E-state index contributed by atoms with van der Waals surface area (Å²) >= 11 is 0. The third-order valence-electron chi connectivity index (χ3n) is 2.21. The Bertz CT molecular complexity index is 540. The summed E-state index contributed by atoms with van der Waals surface area (Å²) in [4.78, 5) is 11.3. The van der Waals surface area contributed by atoms with E-state index in [9.17, 15) is 13.2 Å². The van der Waals surface area contributed by atoms with E-state index in [1.54, 1.807) is 12.1 Å². The maximum atomic E-state index is 12.7. The second kappa shape index (κ2) is 4.59. The highest BCUT2D eigenvalue weighted by atomic mass is 19.4. The van der Waals surface area contributed by atoms with Crippen molar-refractivity contribution >= 4 is 5.82 Å². The van der Waals surface area contributed by atoms with Crippen LogP contribution in [0.25, 0.3) is 11.4 Å². The largest absolute Gasteiger partial charge is 0.433 e. The first-order valence-corrected chi connectivity index (χ1v) is 5.05. The van der Waals surface area contributed by atoms with Crippen molar-refractivity contribution in [3.05, 3.63) is 36.3 Å². The van der Waals surface area contributed by atoms with Crippen molar-refractivity contribution in [2.24, 2.45) is 0 Å². The second-order valence-electron chi connectivity index (χ2n) is 3.45. The van der Waals surface area contributed by atoms with Crippen molar-refractivity contribution in [2.45, 2.75) is 6.18 Å². The van der Waals surface area contributed by atoms with Gasteiger partial charge in [-0.05, 0) is 12.1 Å². The number of anilines is 1. The molecule has 0 saturated heterocycles. The fourth-order valence-corrected chi connectivity index (χ4v) is 1.35. The number of rotatable bonds is 2. The van der Waals surface area contributed by atoms with Gasteiger partial charge in [-0.15, -0.1) is 0 Å². The van der Waals surface area contributed by atoms with Crippen LogP contribution in [0.4, 0.5) is 19.0 Å². The van der Waals surface area contributed by atoms with Crippen LogP contribution in [0.15, 0.2) is 30.6 Å². The summed E-state index contributed by atoms with van der Waals surface area (Å²) in [7, 11) is 1.50. The lowest BCUT2D eigenvalue weighted by atomic mass is 10.2. The smallest absolute Gasteiger partial charge is 0.373 e. The molecule has 0 amide bonds. The lowest BCUT2D eigenvalue weighted by Gasteiger charge is -2.10. The topological polar surface area (TPSA) is 50.7 Å². The lowest BCUT2D eigenvalue weighted by Crippen LogP contribution is -2.11. The van der Waals surface area contributed by atoms with Crippen LogP contribution in [0, 0.1) is 0 Å². The van der Waals surface area contributed by atoms with E-state index in [2.05, 4.69) is 20.3 Å². The third-order valence-corrected chi connectivity index (χ3v) is 2.21. The first kappa shape index (κ1) is 12.3. The highest BCUT2D eigenvalue weighted by molar-refractivity contribution is 5.56. The molecular weight excluding hydrogens is 245 g/mol. The molecule has 2 aromatic heterocycles. The fourth-order valence-electron chi connectivity index (χ4n) is 1.35. The number of alkyl halides is 3. The SMILES string of the molecule is CNc1cc(C(F)(F)F)nc(-c2ccncc2)n1. The van der Waals surface area contributed by atoms with Crippen molar-refractivity contribution in [3.63, 3.8) is 0 Å². The Labute approximate surface area is 101 Å². The molecule has 2 aromatic rings. The maximum Gasteiger partial charge on any atom is 0.433 e. The number of nitrogens with zero attached hydrogens (tertiary/aromatic N) is 3. The minimum Gasteiger partial charge on any atom is -0.373 e. The van der Waals surface area contributed by atoms with Crippen LogP contribution in [-0.2, 0) is 6.18 Å². The van der Waals surface area contributed by atoms with Crippen molar-refractivity contribution < 1.29 is 13.2 Å². The normalized spacial score (nSPS) is 11.3. The molecule has 0 aliphatic heterocycles. The fraction of sp³-hybridized carbons (Fsp3) is 0.182. The van der Waals surface area contributed by atoms with E-state index in [0.717, 1.165) is 6.07 Å². The predicted octanol–water partition coefficient (Wildman–Crippen LogP) is 2.60. The molecule has 0 aromatic carbocycles. The Kier molecular flexibility index (Phi) is 3.14. The molecule has 0 fully saturated rings. The molecule has 18 heavy (non-hydrogen) atoms. The third kappa shape index (κ3) is 2.55. The highest BCUT2D eigenvalue weighted by Crippen LogP contribution is 2.30. The summed E-state index contributed by atoms with van der Waals surface area (Å²) < 4.78 is 38.0. The minimum absolute atomic E-state index is 0.0107. The zero-order chi connectivity index (χ0) is 13.2. The van der Waals surface area contributed by atoms with Gasteiger partial charge in [-0.1, -0.05) is 0 Å². The van der Waals surface area contributed by atoms with Gasteiger partial charge in [-0.3, -0.25) is 4.98 Å². The van der Waals surface area contributed by atoms with Crippen molar-refractivity contribution in [1.29, 1.82) is 0 Å². The van der Waals surface area contributed by atoms with E-state index in [1.807, 2.05) is 0 Å². The van der Waals surface area contributed by atoms with Gasteiger partial charge in [-0.2, -0.15) is 13.2 Å². The van der Waals surface area contributed by atoms with Crippen LogP contribution in [0.2, 0.25) is 0 Å². The highest BCUT2D eigenvalue weighted by Gasteiger charge is 2.33. The lowest BCUT2D eigenvalue weighted by molar-refractivity contribution is -0.141. The Hall–Kier alpha value is -2.18. The van der Waals surface area contributed by atoms with Crippen LogP contribution in [-0.4, -0.2) is 22.0 Å². The quantitative estimate of drug-likeness (QED) is 0.895. The summed E-state index contributed by atoms with van der Waals surface area (Å²) in [6.07, 6.45) is -1.56. The molecule has 0 aliphatic carbocycles. The molecule has 1 N–H and O–H groups in total. The molecule has 0 bridgehead atoms. The summed E-state index contributed by atoms with van der Waals surface area (Å²) in [6, 6.07) is 3.97. The van der Waals surface area contributed by atoms with Gasteiger partial charge >= 0.3 is 6.18 Å². The summed E-state index contributed by atoms with van der Waals surface area (Å²) in [5.74, 6) is 0.126. The molecule has 94 valence electrons. The van der Waals surface area contributed by atoms with Gasteiger partial charge in [0.25, 0.3) is 0 Å². The predicted molar refractivity (Wildman–Crippen MR) is 59.8 cm³/mol. The summed E-state index contributed by atoms with van der Waals surface area (Å²) in [5.41, 5.74) is -0.499. The molecule has 7 heteroatoms. The van der Waals surface area contributed by atoms with Crippen LogP contribution >= 0.6 is 0 Å². The molecule has 0 spiro atoms. The number of halogens is 3. The van der Waals surface area contributed by atoms with Crippen LogP contribution in [0.3, 0.4) is 0 Å². The zero-order valence-electron chi connectivity index (χ0n) is 9.36. The second-order valence-corrected chi connectivity index (χ2v) is 3.45. The minimum atomic E-state index is -4.50. The summed E-state index contributed by atoms with van der Waals surface area (Å²) in [5, 5.41) is 2.58. The molecule has 2 heterocycles. The van der Waals surface area contributed by atoms with E-state index in [-0.39, 0.29) is 11.6 Å². The van der Waals surface area contributed by atoms with Gasteiger partial charge in [0.1, 0.15) is 5.82 Å². The first-order chi connectivity index (χ1) is 8.50. The standard InChI is InChI=1S/C11H9F3N4/c1-15-9-6-8(11(12,13)14)17-10(18-9)7-2-4-16-5-3-7/h2-6H,1H3,(H,15,17,18). The van der Waals surface area contributed by atoms with E-state index in [4.69, 9.17) is 0 Å². The van der Waals surface area contributed by atoms with Gasteiger partial charge in [0.2, 0.25) is 0 Å². The van der Waals surface area contributed by atoms with E-state index < -0.39 is 11.9 Å². The zero-order valence-corrected chi connectivity index (χ0v) is 9.36. The number of pyridine rings is 1. The Morgan fingerprint density at radius 2 is 1.78 bits per heavy atom. The number of nitrogens with one attached hydrogen (secondary N) is 1. The molecule has 0 aliphatic rings. The maximum absolute atomic E-state index is 12.7. The van der Waals surface area contributed by atoms with Gasteiger partial charge in [-0.25, -0.2) is 9.97 Å². The molecule has 2 rings (SSSR count). The monoisotopic (exact) mass is 254 g/mol. The number of hydrogen-bond donors (Lipinski definition) is 1. The number of aromatic nitrogens is 3.